The van der Waals surface area contributed by atoms with Gasteiger partial charge in [-0.05, 0) is 25.7 Å². The van der Waals surface area contributed by atoms with Gasteiger partial charge >= 0.3 is 0 Å². The lowest BCUT2D eigenvalue weighted by Crippen LogP contribution is -2.53. The summed E-state index contributed by atoms with van der Waals surface area (Å²) < 4.78 is 4.94. The molecular formula is C11H18O5-2. The van der Waals surface area contributed by atoms with E-state index in [1.165, 1.54) is 26.7 Å². The van der Waals surface area contributed by atoms with Crippen molar-refractivity contribution in [3.05, 3.63) is 0 Å². The molecule has 0 bridgehead atoms. The van der Waals surface area contributed by atoms with Crippen LogP contribution in [0.3, 0.4) is 0 Å². The van der Waals surface area contributed by atoms with Crippen molar-refractivity contribution in [2.24, 2.45) is 5.41 Å². The zero-order chi connectivity index (χ0) is 12.6. The van der Waals surface area contributed by atoms with Crippen LogP contribution in [0.5, 0.6) is 0 Å². The molecule has 94 valence electrons. The predicted molar refractivity (Wildman–Crippen MR) is 53.1 cm³/mol. The van der Waals surface area contributed by atoms with Gasteiger partial charge in [-0.15, -0.1) is 0 Å². The van der Waals surface area contributed by atoms with E-state index in [0.29, 0.717) is 0 Å². The van der Waals surface area contributed by atoms with Crippen LogP contribution in [0.4, 0.5) is 0 Å². The van der Waals surface area contributed by atoms with Crippen LogP contribution in [0.1, 0.15) is 39.5 Å². The van der Waals surface area contributed by atoms with Crippen LogP contribution >= 0.6 is 0 Å². The van der Waals surface area contributed by atoms with Crippen LogP contribution in [0.2, 0.25) is 0 Å². The molecule has 0 radical (unpaired) electrons. The molecule has 16 heavy (non-hydrogen) atoms. The minimum atomic E-state index is -1.81. The van der Waals surface area contributed by atoms with Gasteiger partial charge in [-0.25, -0.2) is 0 Å². The third-order valence-electron chi connectivity index (χ3n) is 2.82. The summed E-state index contributed by atoms with van der Waals surface area (Å²) in [5.74, 6) is -3.13. The summed E-state index contributed by atoms with van der Waals surface area (Å²) in [6, 6.07) is 0. The largest absolute Gasteiger partial charge is 0.549 e. The lowest BCUT2D eigenvalue weighted by molar-refractivity contribution is -0.343. The maximum Gasteiger partial charge on any atom is 0.0532 e. The van der Waals surface area contributed by atoms with Gasteiger partial charge in [0.25, 0.3) is 0 Å². The first-order valence-corrected chi connectivity index (χ1v) is 5.52. The number of hydrogen-bond donors (Lipinski definition) is 0. The minimum absolute atomic E-state index is 0.00579. The van der Waals surface area contributed by atoms with Gasteiger partial charge in [-0.2, -0.15) is 0 Å². The van der Waals surface area contributed by atoms with Crippen molar-refractivity contribution in [1.82, 2.24) is 0 Å². The van der Waals surface area contributed by atoms with Crippen molar-refractivity contribution in [2.45, 2.75) is 39.5 Å². The second-order valence-electron chi connectivity index (χ2n) is 3.68. The van der Waals surface area contributed by atoms with Crippen LogP contribution in [-0.4, -0.2) is 25.2 Å². The van der Waals surface area contributed by atoms with Crippen LogP contribution in [0.15, 0.2) is 0 Å². The number of aliphatic carboxylic acids is 2. The van der Waals surface area contributed by atoms with Gasteiger partial charge in [-0.3, -0.25) is 0 Å². The van der Waals surface area contributed by atoms with E-state index in [2.05, 4.69) is 0 Å². The SMILES string of the molecule is C1CCOC1.CCC(CC)(C(=O)[O-])C(=O)[O-]. The predicted octanol–water partition coefficient (Wildman–Crippen LogP) is -0.911. The molecule has 0 aromatic carbocycles. The highest BCUT2D eigenvalue weighted by Gasteiger charge is 2.29. The van der Waals surface area contributed by atoms with Gasteiger partial charge in [0, 0.05) is 18.6 Å². The Morgan fingerprint density at radius 2 is 1.44 bits per heavy atom. The Balaban J connectivity index is 0.000000368. The summed E-state index contributed by atoms with van der Waals surface area (Å²) >= 11 is 0. The molecule has 0 saturated carbocycles. The highest BCUT2D eigenvalue weighted by atomic mass is 16.5. The molecule has 1 aliphatic heterocycles. The van der Waals surface area contributed by atoms with E-state index in [0.717, 1.165) is 13.2 Å². The summed E-state index contributed by atoms with van der Waals surface area (Å²) in [5, 5.41) is 20.8. The number of hydrogen-bond acceptors (Lipinski definition) is 5. The highest BCUT2D eigenvalue weighted by molar-refractivity contribution is 5.95. The van der Waals surface area contributed by atoms with Crippen molar-refractivity contribution >= 4 is 11.9 Å². The molecule has 1 aliphatic rings. The van der Waals surface area contributed by atoms with E-state index in [9.17, 15) is 19.8 Å². The number of carboxylic acid groups (broad SMARTS) is 2. The Morgan fingerprint density at radius 3 is 1.50 bits per heavy atom. The summed E-state index contributed by atoms with van der Waals surface area (Å²) in [6.07, 6.45) is 2.54. The van der Waals surface area contributed by atoms with Gasteiger partial charge in [0.05, 0.1) is 11.9 Å². The first-order chi connectivity index (χ1) is 7.51. The van der Waals surface area contributed by atoms with Crippen molar-refractivity contribution < 1.29 is 24.5 Å². The smallest absolute Gasteiger partial charge is 0.0532 e. The first kappa shape index (κ1) is 14.9. The third-order valence-corrected chi connectivity index (χ3v) is 2.82. The van der Waals surface area contributed by atoms with Crippen LogP contribution in [0.25, 0.3) is 0 Å². The van der Waals surface area contributed by atoms with Gasteiger partial charge in [0.15, 0.2) is 0 Å². The fraction of sp³-hybridized carbons (Fsp3) is 0.818. The second kappa shape index (κ2) is 7.22. The molecule has 0 atom stereocenters. The van der Waals surface area contributed by atoms with E-state index >= 15 is 0 Å². The van der Waals surface area contributed by atoms with E-state index in [1.807, 2.05) is 0 Å². The average molecular weight is 230 g/mol. The molecule has 0 amide bonds. The average Bonchev–Trinajstić information content (AvgIpc) is 2.77. The van der Waals surface area contributed by atoms with E-state index in [4.69, 9.17) is 4.74 Å². The molecular weight excluding hydrogens is 212 g/mol. The van der Waals surface area contributed by atoms with E-state index < -0.39 is 17.4 Å². The van der Waals surface area contributed by atoms with Crippen molar-refractivity contribution in [2.75, 3.05) is 13.2 Å². The Hall–Kier alpha value is -1.10. The first-order valence-electron chi connectivity index (χ1n) is 5.52. The maximum atomic E-state index is 10.4. The number of carboxylic acids is 2. The number of carbonyl (C=O) groups excluding carboxylic acids is 2. The quantitative estimate of drug-likeness (QED) is 0.583. The van der Waals surface area contributed by atoms with Gasteiger partial charge in [0.2, 0.25) is 0 Å². The molecule has 0 aromatic heterocycles. The highest BCUT2D eigenvalue weighted by Crippen LogP contribution is 2.24. The molecule has 1 saturated heterocycles. The summed E-state index contributed by atoms with van der Waals surface area (Å²) in [7, 11) is 0. The maximum absolute atomic E-state index is 10.4. The van der Waals surface area contributed by atoms with E-state index in [1.54, 1.807) is 0 Å². The standard InChI is InChI=1S/C7H12O4.C4H8O/c1-3-7(4-2,5(8)9)6(10)11;1-2-4-5-3-1/h3-4H2,1-2H3,(H,8,9)(H,10,11);1-4H2/p-2. The lowest BCUT2D eigenvalue weighted by atomic mass is 9.83. The summed E-state index contributed by atoms with van der Waals surface area (Å²) in [5.41, 5.74) is -1.81. The number of rotatable bonds is 4. The molecule has 1 heterocycles. The Kier molecular flexibility index (Phi) is 6.72. The Morgan fingerprint density at radius 1 is 1.06 bits per heavy atom. The van der Waals surface area contributed by atoms with Crippen molar-refractivity contribution in [1.29, 1.82) is 0 Å². The molecule has 5 heteroatoms. The molecule has 0 spiro atoms. The number of ether oxygens (including phenoxy) is 1. The molecule has 0 aromatic rings. The second-order valence-corrected chi connectivity index (χ2v) is 3.68. The molecule has 5 nitrogen and oxygen atoms in total. The van der Waals surface area contributed by atoms with Crippen LogP contribution < -0.4 is 10.2 Å². The fourth-order valence-electron chi connectivity index (χ4n) is 1.42. The van der Waals surface area contributed by atoms with Gasteiger partial charge < -0.3 is 24.5 Å². The van der Waals surface area contributed by atoms with E-state index in [-0.39, 0.29) is 12.8 Å². The third kappa shape index (κ3) is 3.81. The zero-order valence-corrected chi connectivity index (χ0v) is 9.78. The molecule has 1 fully saturated rings. The van der Waals surface area contributed by atoms with Crippen LogP contribution in [0, 0.1) is 5.41 Å². The topological polar surface area (TPSA) is 89.5 Å². The fourth-order valence-corrected chi connectivity index (χ4v) is 1.42. The monoisotopic (exact) mass is 230 g/mol. The van der Waals surface area contributed by atoms with Gasteiger partial charge in [0.1, 0.15) is 0 Å². The summed E-state index contributed by atoms with van der Waals surface area (Å²) in [4.78, 5) is 20.8. The van der Waals surface area contributed by atoms with Gasteiger partial charge in [-0.1, -0.05) is 13.8 Å². The summed E-state index contributed by atoms with van der Waals surface area (Å²) in [6.45, 7) is 4.96. The minimum Gasteiger partial charge on any atom is -0.549 e. The number of carbonyl (C=O) groups is 2. The lowest BCUT2D eigenvalue weighted by Gasteiger charge is -2.33. The Labute approximate surface area is 95.4 Å². The van der Waals surface area contributed by atoms with Crippen LogP contribution in [-0.2, 0) is 14.3 Å². The molecule has 0 N–H and O–H groups in total. The molecule has 0 unspecified atom stereocenters. The zero-order valence-electron chi connectivity index (χ0n) is 9.78. The molecule has 1 rings (SSSR count). The van der Waals surface area contributed by atoms with Crippen molar-refractivity contribution in [3.63, 3.8) is 0 Å². The molecule has 0 aliphatic carbocycles. The Bertz CT molecular complexity index is 205. The van der Waals surface area contributed by atoms with Crippen molar-refractivity contribution in [3.8, 4) is 0 Å². The normalized spacial score (nSPS) is 15.1.